The molecule has 136 valence electrons. The lowest BCUT2D eigenvalue weighted by molar-refractivity contribution is 0.103. The summed E-state index contributed by atoms with van der Waals surface area (Å²) in [6.45, 7) is 4.96. The second-order valence-electron chi connectivity index (χ2n) is 6.75. The van der Waals surface area contributed by atoms with Crippen molar-refractivity contribution in [3.63, 3.8) is 0 Å². The first-order valence-corrected chi connectivity index (χ1v) is 14.7. The van der Waals surface area contributed by atoms with Crippen molar-refractivity contribution >= 4 is 53.8 Å². The summed E-state index contributed by atoms with van der Waals surface area (Å²) in [5, 5.41) is 2.15. The zero-order valence-electron chi connectivity index (χ0n) is 15.5. The number of hydrogen-bond donors (Lipinski definition) is 0. The maximum atomic E-state index is 13.1. The molecule has 2 nitrogen and oxygen atoms in total. The standard InChI is InChI=1S/C22H23NO.I2/c1-15-5-12-20-19(13-15)9-6-16(2)21(20)22(24)18-10-7-17(8-11-18)14-23(3)4;1-2/h5-13H,14H2,1-4H3;. The summed E-state index contributed by atoms with van der Waals surface area (Å²) in [5.74, 6) is 0.0957. The number of halogens is 2. The van der Waals surface area contributed by atoms with Gasteiger partial charge < -0.3 is 4.90 Å². The van der Waals surface area contributed by atoms with E-state index in [1.165, 1.54) is 11.1 Å². The van der Waals surface area contributed by atoms with Crippen LogP contribution in [0.4, 0.5) is 0 Å². The number of carbonyl (C=O) groups is 1. The van der Waals surface area contributed by atoms with Crippen LogP contribution in [0.1, 0.15) is 32.6 Å². The summed E-state index contributed by atoms with van der Waals surface area (Å²) in [6, 6.07) is 18.3. The highest BCUT2D eigenvalue weighted by atomic mass is 128. The van der Waals surface area contributed by atoms with E-state index in [2.05, 4.69) is 73.3 Å². The molecule has 0 aromatic heterocycles. The molecule has 3 rings (SSSR count). The molecule has 0 radical (unpaired) electrons. The number of hydrogen-bond acceptors (Lipinski definition) is 2. The van der Waals surface area contributed by atoms with Crippen LogP contribution in [-0.4, -0.2) is 24.8 Å². The number of benzene rings is 3. The Kier molecular flexibility index (Phi) is 8.04. The van der Waals surface area contributed by atoms with Crippen LogP contribution in [0.2, 0.25) is 0 Å². The molecule has 3 aromatic rings. The van der Waals surface area contributed by atoms with E-state index < -0.39 is 0 Å². The minimum atomic E-state index is 0.0957. The van der Waals surface area contributed by atoms with Gasteiger partial charge in [-0.15, -0.1) is 0 Å². The highest BCUT2D eigenvalue weighted by Gasteiger charge is 2.15. The largest absolute Gasteiger partial charge is 0.305 e. The molecule has 0 aliphatic heterocycles. The molecule has 0 spiro atoms. The number of nitrogens with zero attached hydrogens (tertiary/aromatic N) is 1. The highest BCUT2D eigenvalue weighted by Crippen LogP contribution is 2.26. The minimum Gasteiger partial charge on any atom is -0.305 e. The molecule has 0 fully saturated rings. The summed E-state index contributed by atoms with van der Waals surface area (Å²) in [4.78, 5) is 15.2. The van der Waals surface area contributed by atoms with E-state index in [1.807, 2.05) is 51.4 Å². The van der Waals surface area contributed by atoms with Gasteiger partial charge in [0.15, 0.2) is 5.78 Å². The first kappa shape index (κ1) is 21.3. The van der Waals surface area contributed by atoms with Crippen LogP contribution >= 0.6 is 37.2 Å². The first-order chi connectivity index (χ1) is 12.5. The Morgan fingerprint density at radius 2 is 1.58 bits per heavy atom. The van der Waals surface area contributed by atoms with E-state index in [0.717, 1.165) is 34.0 Å². The van der Waals surface area contributed by atoms with E-state index in [9.17, 15) is 4.79 Å². The molecular formula is C22H23I2NO. The van der Waals surface area contributed by atoms with Crippen LogP contribution < -0.4 is 0 Å². The van der Waals surface area contributed by atoms with Gasteiger partial charge in [0.05, 0.1) is 0 Å². The molecule has 3 aromatic carbocycles. The third-order valence-corrected chi connectivity index (χ3v) is 4.33. The Balaban J connectivity index is 0.00000117. The van der Waals surface area contributed by atoms with Gasteiger partial charge in [0.25, 0.3) is 0 Å². The lowest BCUT2D eigenvalue weighted by Gasteiger charge is -2.12. The fraction of sp³-hybridized carbons (Fsp3) is 0.227. The van der Waals surface area contributed by atoms with Gasteiger partial charge in [-0.3, -0.25) is 4.79 Å². The Morgan fingerprint density at radius 3 is 2.19 bits per heavy atom. The predicted octanol–water partition coefficient (Wildman–Crippen LogP) is 6.52. The van der Waals surface area contributed by atoms with Crippen LogP contribution in [0.5, 0.6) is 0 Å². The van der Waals surface area contributed by atoms with E-state index in [4.69, 9.17) is 0 Å². The van der Waals surface area contributed by atoms with E-state index in [-0.39, 0.29) is 5.78 Å². The molecule has 0 atom stereocenters. The van der Waals surface area contributed by atoms with Gasteiger partial charge in [-0.2, -0.15) is 0 Å². The Bertz CT molecular complexity index is 902. The van der Waals surface area contributed by atoms with E-state index in [1.54, 1.807) is 0 Å². The fourth-order valence-electron chi connectivity index (χ4n) is 3.13. The second kappa shape index (κ2) is 9.80. The maximum Gasteiger partial charge on any atom is 0.193 e. The summed E-state index contributed by atoms with van der Waals surface area (Å²) in [7, 11) is 4.08. The summed E-state index contributed by atoms with van der Waals surface area (Å²) in [6.07, 6.45) is 0. The fourth-order valence-corrected chi connectivity index (χ4v) is 3.13. The van der Waals surface area contributed by atoms with E-state index >= 15 is 0 Å². The average Bonchev–Trinajstić information content (AvgIpc) is 2.63. The minimum absolute atomic E-state index is 0.0957. The van der Waals surface area contributed by atoms with Crippen molar-refractivity contribution in [2.75, 3.05) is 14.1 Å². The van der Waals surface area contributed by atoms with Crippen molar-refractivity contribution in [2.45, 2.75) is 20.4 Å². The van der Waals surface area contributed by atoms with Gasteiger partial charge in [-0.25, -0.2) is 0 Å². The summed E-state index contributed by atoms with van der Waals surface area (Å²) in [5.41, 5.74) is 5.00. The molecule has 0 unspecified atom stereocenters. The van der Waals surface area contributed by atoms with Crippen LogP contribution in [0.25, 0.3) is 10.8 Å². The SMILES string of the molecule is Cc1ccc2c(C(=O)c3ccc(CN(C)C)cc3)c(C)ccc2c1.II. The molecular weight excluding hydrogens is 548 g/mol. The number of carbonyl (C=O) groups excluding carboxylic acids is 1. The van der Waals surface area contributed by atoms with Crippen molar-refractivity contribution in [1.82, 2.24) is 4.90 Å². The molecule has 0 saturated carbocycles. The first-order valence-electron chi connectivity index (χ1n) is 8.38. The third kappa shape index (κ3) is 5.04. The Labute approximate surface area is 179 Å². The monoisotopic (exact) mass is 571 g/mol. The van der Waals surface area contributed by atoms with Crippen LogP contribution in [-0.2, 0) is 6.54 Å². The van der Waals surface area contributed by atoms with Crippen LogP contribution in [0.3, 0.4) is 0 Å². The average molecular weight is 571 g/mol. The number of rotatable bonds is 4. The van der Waals surface area contributed by atoms with Gasteiger partial charge in [-0.1, -0.05) is 60.2 Å². The molecule has 0 aliphatic rings. The quantitative estimate of drug-likeness (QED) is 0.263. The molecule has 0 amide bonds. The van der Waals surface area contributed by atoms with Crippen molar-refractivity contribution in [3.05, 3.63) is 82.4 Å². The second-order valence-corrected chi connectivity index (χ2v) is 6.75. The van der Waals surface area contributed by atoms with E-state index in [0.29, 0.717) is 0 Å². The smallest absolute Gasteiger partial charge is 0.193 e. The van der Waals surface area contributed by atoms with Gasteiger partial charge in [0.2, 0.25) is 0 Å². The highest BCUT2D eigenvalue weighted by molar-refractivity contribution is 15.0. The lowest BCUT2D eigenvalue weighted by Crippen LogP contribution is -2.11. The zero-order chi connectivity index (χ0) is 19.3. The van der Waals surface area contributed by atoms with Crippen LogP contribution in [0.15, 0.2) is 54.6 Å². The maximum absolute atomic E-state index is 13.1. The molecule has 0 N–H and O–H groups in total. The molecule has 0 heterocycles. The summed E-state index contributed by atoms with van der Waals surface area (Å²) >= 11 is 4.24. The number of fused-ring (bicyclic) bond motifs is 1. The molecule has 0 saturated heterocycles. The topological polar surface area (TPSA) is 20.3 Å². The van der Waals surface area contributed by atoms with Crippen molar-refractivity contribution in [3.8, 4) is 0 Å². The van der Waals surface area contributed by atoms with Crippen LogP contribution in [0, 0.1) is 13.8 Å². The lowest BCUT2D eigenvalue weighted by atomic mass is 9.92. The Morgan fingerprint density at radius 1 is 0.923 bits per heavy atom. The van der Waals surface area contributed by atoms with Gasteiger partial charge in [-0.05, 0) is 49.8 Å². The molecule has 0 bridgehead atoms. The molecule has 0 aliphatic carbocycles. The van der Waals surface area contributed by atoms with Gasteiger partial charge >= 0.3 is 0 Å². The zero-order valence-corrected chi connectivity index (χ0v) is 19.8. The van der Waals surface area contributed by atoms with Crippen molar-refractivity contribution in [1.29, 1.82) is 0 Å². The van der Waals surface area contributed by atoms with Crippen molar-refractivity contribution < 1.29 is 4.79 Å². The predicted molar refractivity (Wildman–Crippen MR) is 129 cm³/mol. The Hall–Kier alpha value is -0.990. The third-order valence-electron chi connectivity index (χ3n) is 4.33. The van der Waals surface area contributed by atoms with Gasteiger partial charge in [0.1, 0.15) is 0 Å². The normalized spacial score (nSPS) is 10.6. The molecule has 26 heavy (non-hydrogen) atoms. The van der Waals surface area contributed by atoms with Gasteiger partial charge in [0, 0.05) is 54.9 Å². The van der Waals surface area contributed by atoms with Crippen molar-refractivity contribution in [2.24, 2.45) is 0 Å². The number of ketones is 1. The number of aryl methyl sites for hydroxylation is 2. The molecule has 4 heteroatoms. The summed E-state index contributed by atoms with van der Waals surface area (Å²) < 4.78 is 0.